The van der Waals surface area contributed by atoms with E-state index in [1.807, 2.05) is 6.92 Å². The van der Waals surface area contributed by atoms with Crippen LogP contribution in [0.4, 0.5) is 0 Å². The molecule has 0 bridgehead atoms. The van der Waals surface area contributed by atoms with Crippen molar-refractivity contribution in [3.63, 3.8) is 0 Å². The molecule has 0 radical (unpaired) electrons. The van der Waals surface area contributed by atoms with Gasteiger partial charge in [0, 0.05) is 23.2 Å². The molecule has 0 aliphatic heterocycles. The van der Waals surface area contributed by atoms with Crippen LogP contribution in [0, 0.1) is 0 Å². The molecule has 0 fully saturated rings. The van der Waals surface area contributed by atoms with Crippen molar-refractivity contribution in [1.29, 1.82) is 0 Å². The molecule has 0 saturated heterocycles. The van der Waals surface area contributed by atoms with Crippen molar-refractivity contribution in [2.45, 2.75) is 12.3 Å². The predicted molar refractivity (Wildman–Crippen MR) is 57.7 cm³/mol. The summed E-state index contributed by atoms with van der Waals surface area (Å²) in [4.78, 5) is 3.92. The topological polar surface area (TPSA) is 59.1 Å². The zero-order valence-electron chi connectivity index (χ0n) is 7.80. The van der Waals surface area contributed by atoms with Gasteiger partial charge in [0.2, 0.25) is 0 Å². The van der Waals surface area contributed by atoms with Crippen molar-refractivity contribution in [3.8, 4) is 0 Å². The first-order valence-corrected chi connectivity index (χ1v) is 4.91. The van der Waals surface area contributed by atoms with Crippen molar-refractivity contribution in [1.82, 2.24) is 4.98 Å². The normalized spacial score (nSPS) is 15.2. The van der Waals surface area contributed by atoms with Gasteiger partial charge in [0.05, 0.1) is 6.61 Å². The number of aliphatic hydroxyl groups is 1. The van der Waals surface area contributed by atoms with Gasteiger partial charge in [-0.3, -0.25) is 0 Å². The van der Waals surface area contributed by atoms with Gasteiger partial charge < -0.3 is 10.8 Å². The summed E-state index contributed by atoms with van der Waals surface area (Å²) < 4.78 is 0. The first-order valence-electron chi connectivity index (χ1n) is 4.16. The van der Waals surface area contributed by atoms with Gasteiger partial charge in [0.15, 0.2) is 0 Å². The maximum atomic E-state index is 9.23. The molecular weight excluding hydrogens is 223 g/mol. The summed E-state index contributed by atoms with van der Waals surface area (Å²) in [6.07, 6.45) is 1.55. The van der Waals surface area contributed by atoms with E-state index < -0.39 is 5.41 Å². The lowest BCUT2D eigenvalue weighted by Gasteiger charge is -2.26. The zero-order valence-corrected chi connectivity index (χ0v) is 9.31. The van der Waals surface area contributed by atoms with E-state index in [0.29, 0.717) is 22.3 Å². The highest BCUT2D eigenvalue weighted by Crippen LogP contribution is 2.29. The smallest absolute Gasteiger partial charge is 0.130 e. The van der Waals surface area contributed by atoms with E-state index in [2.05, 4.69) is 4.98 Å². The minimum absolute atomic E-state index is 0.0769. The van der Waals surface area contributed by atoms with Crippen molar-refractivity contribution in [2.75, 3.05) is 13.2 Å². The van der Waals surface area contributed by atoms with Crippen LogP contribution in [0.5, 0.6) is 0 Å². The van der Waals surface area contributed by atoms with Crippen LogP contribution in [-0.4, -0.2) is 23.2 Å². The molecule has 0 saturated carbocycles. The van der Waals surface area contributed by atoms with Crippen LogP contribution in [0.1, 0.15) is 12.5 Å². The molecule has 3 nitrogen and oxygen atoms in total. The second-order valence-electron chi connectivity index (χ2n) is 3.41. The predicted octanol–water partition coefficient (Wildman–Crippen LogP) is 1.60. The molecule has 0 aliphatic rings. The second-order valence-corrected chi connectivity index (χ2v) is 4.20. The van der Waals surface area contributed by atoms with Crippen LogP contribution >= 0.6 is 23.2 Å². The molecule has 14 heavy (non-hydrogen) atoms. The standard InChI is InChI=1S/C9H12Cl2N2O/c1-9(4-12,5-14)6-3-13-8(11)2-7(6)10/h2-3,14H,4-5,12H2,1H3. The van der Waals surface area contributed by atoms with Crippen LogP contribution in [0.15, 0.2) is 12.3 Å². The lowest BCUT2D eigenvalue weighted by Crippen LogP contribution is -2.36. The highest BCUT2D eigenvalue weighted by atomic mass is 35.5. The summed E-state index contributed by atoms with van der Waals surface area (Å²) in [6.45, 7) is 2.04. The molecule has 78 valence electrons. The molecule has 5 heteroatoms. The maximum Gasteiger partial charge on any atom is 0.130 e. The Morgan fingerprint density at radius 1 is 1.57 bits per heavy atom. The van der Waals surface area contributed by atoms with Gasteiger partial charge in [-0.15, -0.1) is 0 Å². The van der Waals surface area contributed by atoms with Crippen LogP contribution < -0.4 is 5.73 Å². The van der Waals surface area contributed by atoms with Crippen molar-refractivity contribution in [3.05, 3.63) is 28.0 Å². The lowest BCUT2D eigenvalue weighted by molar-refractivity contribution is 0.210. The molecule has 0 aliphatic carbocycles. The van der Waals surface area contributed by atoms with Crippen LogP contribution in [0.25, 0.3) is 0 Å². The Balaban J connectivity index is 3.17. The van der Waals surface area contributed by atoms with E-state index in [1.165, 1.54) is 0 Å². The van der Waals surface area contributed by atoms with Gasteiger partial charge in [0.25, 0.3) is 0 Å². The number of halogens is 2. The first-order chi connectivity index (χ1) is 6.53. The summed E-state index contributed by atoms with van der Waals surface area (Å²) in [5.41, 5.74) is 5.73. The molecule has 0 aromatic carbocycles. The summed E-state index contributed by atoms with van der Waals surface area (Å²) >= 11 is 11.6. The van der Waals surface area contributed by atoms with E-state index in [0.717, 1.165) is 0 Å². The summed E-state index contributed by atoms with van der Waals surface area (Å²) in [5, 5.41) is 10.0. The fraction of sp³-hybridized carbons (Fsp3) is 0.444. The van der Waals surface area contributed by atoms with E-state index in [1.54, 1.807) is 12.3 Å². The monoisotopic (exact) mass is 234 g/mol. The third-order valence-corrected chi connectivity index (χ3v) is 2.79. The highest BCUT2D eigenvalue weighted by Gasteiger charge is 2.27. The van der Waals surface area contributed by atoms with Gasteiger partial charge >= 0.3 is 0 Å². The summed E-state index contributed by atoms with van der Waals surface area (Å²) in [5.74, 6) is 0. The molecule has 1 atom stereocenters. The van der Waals surface area contributed by atoms with Crippen molar-refractivity contribution in [2.24, 2.45) is 5.73 Å². The number of pyridine rings is 1. The van der Waals surface area contributed by atoms with Gasteiger partial charge in [-0.2, -0.15) is 0 Å². The molecule has 1 aromatic rings. The van der Waals surface area contributed by atoms with Crippen LogP contribution in [0.3, 0.4) is 0 Å². The fourth-order valence-corrected chi connectivity index (χ4v) is 1.71. The van der Waals surface area contributed by atoms with Gasteiger partial charge in [-0.05, 0) is 11.6 Å². The number of aromatic nitrogens is 1. The van der Waals surface area contributed by atoms with Gasteiger partial charge in [0.1, 0.15) is 5.15 Å². The molecule has 1 aromatic heterocycles. The number of hydrogen-bond donors (Lipinski definition) is 2. The summed E-state index contributed by atoms with van der Waals surface area (Å²) in [7, 11) is 0. The molecule has 1 unspecified atom stereocenters. The highest BCUT2D eigenvalue weighted by molar-refractivity contribution is 6.34. The molecule has 3 N–H and O–H groups in total. The second kappa shape index (κ2) is 4.45. The maximum absolute atomic E-state index is 9.23. The Morgan fingerprint density at radius 3 is 2.64 bits per heavy atom. The number of hydrogen-bond acceptors (Lipinski definition) is 3. The van der Waals surface area contributed by atoms with E-state index in [4.69, 9.17) is 28.9 Å². The molecule has 1 rings (SSSR count). The quantitative estimate of drug-likeness (QED) is 0.782. The van der Waals surface area contributed by atoms with Crippen molar-refractivity contribution < 1.29 is 5.11 Å². The number of rotatable bonds is 3. The van der Waals surface area contributed by atoms with Gasteiger partial charge in [-0.1, -0.05) is 30.1 Å². The SMILES string of the molecule is CC(CN)(CO)c1cnc(Cl)cc1Cl. The Kier molecular flexibility index (Phi) is 3.72. The third-order valence-electron chi connectivity index (χ3n) is 2.27. The Morgan fingerprint density at radius 2 is 2.21 bits per heavy atom. The third kappa shape index (κ3) is 2.17. The van der Waals surface area contributed by atoms with Crippen LogP contribution in [-0.2, 0) is 5.41 Å². The fourth-order valence-electron chi connectivity index (χ4n) is 1.11. The largest absolute Gasteiger partial charge is 0.395 e. The van der Waals surface area contributed by atoms with Gasteiger partial charge in [-0.25, -0.2) is 4.98 Å². The zero-order chi connectivity index (χ0) is 10.8. The molecular formula is C9H12Cl2N2O. The Bertz CT molecular complexity index is 327. The Labute approximate surface area is 92.9 Å². The minimum atomic E-state index is -0.561. The number of nitrogens with zero attached hydrogens (tertiary/aromatic N) is 1. The van der Waals surface area contributed by atoms with E-state index in [-0.39, 0.29) is 6.61 Å². The minimum Gasteiger partial charge on any atom is -0.395 e. The van der Waals surface area contributed by atoms with Crippen molar-refractivity contribution >= 4 is 23.2 Å². The number of nitrogens with two attached hydrogens (primary N) is 1. The lowest BCUT2D eigenvalue weighted by atomic mass is 9.84. The molecule has 1 heterocycles. The van der Waals surface area contributed by atoms with E-state index in [9.17, 15) is 5.11 Å². The average Bonchev–Trinajstić information content (AvgIpc) is 2.17. The molecule has 0 amide bonds. The van der Waals surface area contributed by atoms with E-state index >= 15 is 0 Å². The van der Waals surface area contributed by atoms with Crippen LogP contribution in [0.2, 0.25) is 10.2 Å². The number of aliphatic hydroxyl groups excluding tert-OH is 1. The first kappa shape index (κ1) is 11.7. The molecule has 0 spiro atoms. The average molecular weight is 235 g/mol. The Hall–Kier alpha value is -0.350. The summed E-state index contributed by atoms with van der Waals surface area (Å²) in [6, 6.07) is 1.54.